The van der Waals surface area contributed by atoms with E-state index in [9.17, 15) is 13.2 Å². The quantitative estimate of drug-likeness (QED) is 0.845. The van der Waals surface area contributed by atoms with Crippen molar-refractivity contribution in [1.29, 1.82) is 0 Å². The molecule has 0 saturated heterocycles. The monoisotopic (exact) mass is 311 g/mol. The fourth-order valence-corrected chi connectivity index (χ4v) is 2.19. The van der Waals surface area contributed by atoms with Crippen molar-refractivity contribution in [2.75, 3.05) is 21.2 Å². The van der Waals surface area contributed by atoms with E-state index in [1.54, 1.807) is 0 Å². The summed E-state index contributed by atoms with van der Waals surface area (Å²) >= 11 is 3.18. The van der Waals surface area contributed by atoms with Gasteiger partial charge in [-0.3, -0.25) is 4.90 Å². The molecule has 0 N–H and O–H groups in total. The molecule has 0 saturated carbocycles. The molecule has 0 aliphatic heterocycles. The number of alkyl halides is 3. The molecule has 0 amide bonds. The Labute approximate surface area is 106 Å². The number of hydrogen-bond acceptors (Lipinski definition) is 2. The van der Waals surface area contributed by atoms with Crippen LogP contribution in [0.15, 0.2) is 22.7 Å². The molecule has 1 aromatic rings. The van der Waals surface area contributed by atoms with Gasteiger partial charge < -0.3 is 4.74 Å². The zero-order valence-corrected chi connectivity index (χ0v) is 11.3. The molecule has 0 spiro atoms. The molecular weight excluding hydrogens is 299 g/mol. The molecule has 0 heterocycles. The smallest absolute Gasteiger partial charge is 0.408 e. The Balaban J connectivity index is 3.17. The second-order valence-corrected chi connectivity index (χ2v) is 4.66. The molecule has 1 aromatic carbocycles. The molecule has 2 nitrogen and oxygen atoms in total. The third-order valence-corrected chi connectivity index (χ3v) is 2.94. The lowest BCUT2D eigenvalue weighted by Gasteiger charge is -2.27. The van der Waals surface area contributed by atoms with E-state index >= 15 is 0 Å². The molecule has 0 aliphatic carbocycles. The van der Waals surface area contributed by atoms with Gasteiger partial charge in [0.25, 0.3) is 0 Å². The lowest BCUT2D eigenvalue weighted by molar-refractivity contribution is -0.179. The van der Waals surface area contributed by atoms with Crippen LogP contribution < -0.4 is 4.74 Å². The summed E-state index contributed by atoms with van der Waals surface area (Å²) in [7, 11) is 4.26. The Morgan fingerprint density at radius 1 is 1.29 bits per heavy atom. The standard InChI is InChI=1S/C11H13BrF3NO/c1-16(2)10(11(13,14)15)7-4-5-9(17-3)8(12)6-7/h4-6,10H,1-3H3. The number of benzene rings is 1. The van der Waals surface area contributed by atoms with E-state index in [1.165, 1.54) is 39.4 Å². The van der Waals surface area contributed by atoms with Crippen LogP contribution in [0.25, 0.3) is 0 Å². The van der Waals surface area contributed by atoms with Crippen LogP contribution in [-0.2, 0) is 0 Å². The number of halogens is 4. The van der Waals surface area contributed by atoms with Gasteiger partial charge >= 0.3 is 6.18 Å². The zero-order valence-electron chi connectivity index (χ0n) is 9.68. The first kappa shape index (κ1) is 14.3. The van der Waals surface area contributed by atoms with Crippen LogP contribution >= 0.6 is 15.9 Å². The van der Waals surface area contributed by atoms with Crippen LogP contribution in [0.5, 0.6) is 5.75 Å². The lowest BCUT2D eigenvalue weighted by atomic mass is 10.1. The highest BCUT2D eigenvalue weighted by Crippen LogP contribution is 2.38. The molecule has 0 aromatic heterocycles. The molecule has 1 atom stereocenters. The summed E-state index contributed by atoms with van der Waals surface area (Å²) in [5, 5.41) is 0. The maximum absolute atomic E-state index is 12.9. The summed E-state index contributed by atoms with van der Waals surface area (Å²) in [6, 6.07) is 2.74. The van der Waals surface area contributed by atoms with Gasteiger partial charge in [-0.25, -0.2) is 0 Å². The highest BCUT2D eigenvalue weighted by molar-refractivity contribution is 9.10. The first-order chi connectivity index (χ1) is 7.77. The van der Waals surface area contributed by atoms with E-state index in [0.29, 0.717) is 10.2 Å². The molecule has 0 radical (unpaired) electrons. The summed E-state index contributed by atoms with van der Waals surface area (Å²) in [6.45, 7) is 0. The predicted octanol–water partition coefficient (Wildman–Crippen LogP) is 3.62. The van der Waals surface area contributed by atoms with Gasteiger partial charge in [0.2, 0.25) is 0 Å². The van der Waals surface area contributed by atoms with E-state index in [0.717, 1.165) is 4.90 Å². The van der Waals surface area contributed by atoms with Crippen molar-refractivity contribution in [3.8, 4) is 5.75 Å². The zero-order chi connectivity index (χ0) is 13.2. The van der Waals surface area contributed by atoms with Gasteiger partial charge in [-0.1, -0.05) is 6.07 Å². The fourth-order valence-electron chi connectivity index (χ4n) is 1.63. The van der Waals surface area contributed by atoms with Gasteiger partial charge in [-0.15, -0.1) is 0 Å². The van der Waals surface area contributed by atoms with E-state index in [2.05, 4.69) is 15.9 Å². The summed E-state index contributed by atoms with van der Waals surface area (Å²) in [5.41, 5.74) is 0.176. The van der Waals surface area contributed by atoms with E-state index in [4.69, 9.17) is 4.74 Å². The van der Waals surface area contributed by atoms with Gasteiger partial charge in [-0.05, 0) is 47.7 Å². The average molecular weight is 312 g/mol. The third kappa shape index (κ3) is 3.35. The first-order valence-electron chi connectivity index (χ1n) is 4.84. The van der Waals surface area contributed by atoms with E-state index in [1.807, 2.05) is 0 Å². The van der Waals surface area contributed by atoms with Crippen LogP contribution in [0.4, 0.5) is 13.2 Å². The molecule has 0 bridgehead atoms. The minimum Gasteiger partial charge on any atom is -0.496 e. The summed E-state index contributed by atoms with van der Waals surface area (Å²) in [6.07, 6.45) is -4.31. The van der Waals surface area contributed by atoms with Crippen molar-refractivity contribution in [3.63, 3.8) is 0 Å². The summed E-state index contributed by atoms with van der Waals surface area (Å²) in [5.74, 6) is 0.508. The third-order valence-electron chi connectivity index (χ3n) is 2.32. The van der Waals surface area contributed by atoms with Crippen molar-refractivity contribution in [2.24, 2.45) is 0 Å². The van der Waals surface area contributed by atoms with Crippen molar-refractivity contribution in [1.82, 2.24) is 4.90 Å². The van der Waals surface area contributed by atoms with E-state index in [-0.39, 0.29) is 5.56 Å². The van der Waals surface area contributed by atoms with Gasteiger partial charge in [0.1, 0.15) is 11.8 Å². The highest BCUT2D eigenvalue weighted by Gasteiger charge is 2.42. The SMILES string of the molecule is COc1ccc(C(N(C)C)C(F)(F)F)cc1Br. The Morgan fingerprint density at radius 2 is 1.88 bits per heavy atom. The normalized spacial score (nSPS) is 13.9. The first-order valence-corrected chi connectivity index (χ1v) is 5.63. The molecule has 1 unspecified atom stereocenters. The van der Waals surface area contributed by atoms with Crippen LogP contribution in [0.1, 0.15) is 11.6 Å². The minimum absolute atomic E-state index is 0.176. The largest absolute Gasteiger partial charge is 0.496 e. The molecular formula is C11H13BrF3NO. The Kier molecular flexibility index (Phi) is 4.43. The number of methoxy groups -OCH3 is 1. The minimum atomic E-state index is -4.31. The second-order valence-electron chi connectivity index (χ2n) is 3.80. The van der Waals surface area contributed by atoms with Crippen molar-refractivity contribution in [2.45, 2.75) is 12.2 Å². The number of hydrogen-bond donors (Lipinski definition) is 0. The van der Waals surface area contributed by atoms with Crippen molar-refractivity contribution >= 4 is 15.9 Å². The van der Waals surface area contributed by atoms with Gasteiger partial charge in [0.05, 0.1) is 11.6 Å². The molecule has 0 aliphatic rings. The summed E-state index contributed by atoms with van der Waals surface area (Å²) < 4.78 is 44.1. The Bertz CT molecular complexity index is 393. The average Bonchev–Trinajstić information content (AvgIpc) is 2.15. The highest BCUT2D eigenvalue weighted by atomic mass is 79.9. The molecule has 96 valence electrons. The van der Waals surface area contributed by atoms with Crippen LogP contribution in [0.3, 0.4) is 0 Å². The lowest BCUT2D eigenvalue weighted by Crippen LogP contribution is -2.33. The van der Waals surface area contributed by atoms with Gasteiger partial charge in [0, 0.05) is 0 Å². The number of rotatable bonds is 3. The van der Waals surface area contributed by atoms with Gasteiger partial charge in [0.15, 0.2) is 0 Å². The Morgan fingerprint density at radius 3 is 2.24 bits per heavy atom. The predicted molar refractivity (Wildman–Crippen MR) is 63.2 cm³/mol. The fraction of sp³-hybridized carbons (Fsp3) is 0.455. The molecule has 1 rings (SSSR count). The molecule has 6 heteroatoms. The van der Waals surface area contributed by atoms with Crippen molar-refractivity contribution < 1.29 is 17.9 Å². The maximum atomic E-state index is 12.9. The maximum Gasteiger partial charge on any atom is 0.408 e. The van der Waals surface area contributed by atoms with Crippen LogP contribution in [0.2, 0.25) is 0 Å². The number of ether oxygens (including phenoxy) is 1. The summed E-state index contributed by atoms with van der Waals surface area (Å²) in [4.78, 5) is 1.13. The topological polar surface area (TPSA) is 12.5 Å². The van der Waals surface area contributed by atoms with Crippen LogP contribution in [0, 0.1) is 0 Å². The van der Waals surface area contributed by atoms with Crippen molar-refractivity contribution in [3.05, 3.63) is 28.2 Å². The second kappa shape index (κ2) is 5.27. The molecule has 0 fully saturated rings. The Hall–Kier alpha value is -0.750. The van der Waals surface area contributed by atoms with E-state index < -0.39 is 12.2 Å². The van der Waals surface area contributed by atoms with Crippen LogP contribution in [-0.4, -0.2) is 32.3 Å². The number of nitrogens with zero attached hydrogens (tertiary/aromatic N) is 1. The molecule has 17 heavy (non-hydrogen) atoms. The van der Waals surface area contributed by atoms with Gasteiger partial charge in [-0.2, -0.15) is 13.2 Å².